The number of aromatic amines is 1. The number of fused-ring (bicyclic) bond motifs is 2. The molecule has 0 fully saturated rings. The Bertz CT molecular complexity index is 1160. The highest BCUT2D eigenvalue weighted by atomic mass is 16.7. The first-order valence-corrected chi connectivity index (χ1v) is 9.52. The van der Waals surface area contributed by atoms with Gasteiger partial charge in [-0.3, -0.25) is 4.79 Å². The van der Waals surface area contributed by atoms with Gasteiger partial charge in [-0.15, -0.1) is 0 Å². The van der Waals surface area contributed by atoms with E-state index in [4.69, 9.17) is 9.82 Å². The molecule has 7 nitrogen and oxygen atoms in total. The van der Waals surface area contributed by atoms with E-state index in [2.05, 4.69) is 28.7 Å². The maximum absolute atomic E-state index is 11.5. The van der Waals surface area contributed by atoms with Crippen molar-refractivity contribution >= 4 is 22.1 Å². The van der Waals surface area contributed by atoms with E-state index in [1.807, 2.05) is 42.5 Å². The Hall–Kier alpha value is -3.19. The average Bonchev–Trinajstić information content (AvgIpc) is 3.09. The number of hydrogen-bond donors (Lipinski definition) is 1. The lowest BCUT2D eigenvalue weighted by Gasteiger charge is -2.19. The Morgan fingerprint density at radius 1 is 1.11 bits per heavy atom. The van der Waals surface area contributed by atoms with Crippen molar-refractivity contribution in [2.24, 2.45) is 0 Å². The molecule has 0 spiro atoms. The first-order chi connectivity index (χ1) is 13.7. The summed E-state index contributed by atoms with van der Waals surface area (Å²) >= 11 is 0. The van der Waals surface area contributed by atoms with Crippen LogP contribution in [0.3, 0.4) is 0 Å². The molecule has 2 heterocycles. The highest BCUT2D eigenvalue weighted by molar-refractivity contribution is 5.84. The molecule has 4 rings (SSSR count). The van der Waals surface area contributed by atoms with Gasteiger partial charge in [-0.05, 0) is 43.4 Å². The predicted octanol–water partition coefficient (Wildman–Crippen LogP) is 2.71. The Kier molecular flexibility index (Phi) is 5.08. The monoisotopic (exact) mass is 377 g/mol. The summed E-state index contributed by atoms with van der Waals surface area (Å²) in [6.45, 7) is 7.69. The molecule has 144 valence electrons. The number of imidazole rings is 1. The lowest BCUT2D eigenvalue weighted by atomic mass is 10.2. The zero-order valence-corrected chi connectivity index (χ0v) is 16.1. The molecule has 0 radical (unpaired) electrons. The Morgan fingerprint density at radius 2 is 1.93 bits per heavy atom. The van der Waals surface area contributed by atoms with E-state index < -0.39 is 0 Å². The van der Waals surface area contributed by atoms with Gasteiger partial charge in [0, 0.05) is 12.1 Å². The van der Waals surface area contributed by atoms with Crippen LogP contribution in [-0.2, 0) is 0 Å². The molecule has 0 atom stereocenters. The minimum absolute atomic E-state index is 0.216. The average molecular weight is 377 g/mol. The first kappa shape index (κ1) is 18.2. The summed E-state index contributed by atoms with van der Waals surface area (Å²) in [5.41, 5.74) is 3.86. The summed E-state index contributed by atoms with van der Waals surface area (Å²) < 4.78 is 1.80. The van der Waals surface area contributed by atoms with Crippen molar-refractivity contribution in [3.8, 4) is 11.4 Å². The van der Waals surface area contributed by atoms with Gasteiger partial charge in [-0.2, -0.15) is 4.73 Å². The van der Waals surface area contributed by atoms with Gasteiger partial charge in [0.15, 0.2) is 5.82 Å². The standard InChI is InChI=1S/C21H23N5O2/c1-3-25(4-2)11-12-28-26-19-8-6-5-7-17(19)24-21(26)15-9-10-16-18(13-15)22-14-20(27)23-16/h5-10,13-14H,3-4,11-12H2,1-2H3,(H,23,27). The Labute approximate surface area is 162 Å². The van der Waals surface area contributed by atoms with E-state index in [9.17, 15) is 4.79 Å². The molecule has 0 bridgehead atoms. The molecule has 0 aliphatic carbocycles. The molecule has 4 aromatic rings. The van der Waals surface area contributed by atoms with Crippen LogP contribution in [0.4, 0.5) is 0 Å². The number of para-hydroxylation sites is 2. The van der Waals surface area contributed by atoms with Crippen LogP contribution >= 0.6 is 0 Å². The second-order valence-corrected chi connectivity index (χ2v) is 6.56. The van der Waals surface area contributed by atoms with Crippen molar-refractivity contribution in [2.45, 2.75) is 13.8 Å². The van der Waals surface area contributed by atoms with Gasteiger partial charge < -0.3 is 14.7 Å². The van der Waals surface area contributed by atoms with Gasteiger partial charge in [0.05, 0.1) is 22.7 Å². The third-order valence-corrected chi connectivity index (χ3v) is 4.88. The maximum atomic E-state index is 11.5. The zero-order chi connectivity index (χ0) is 19.5. The number of likely N-dealkylation sites (N-methyl/N-ethyl adjacent to an activating group) is 1. The summed E-state index contributed by atoms with van der Waals surface area (Å²) in [5.74, 6) is 0.718. The molecule has 2 aromatic heterocycles. The van der Waals surface area contributed by atoms with Crippen LogP contribution in [0.25, 0.3) is 33.5 Å². The summed E-state index contributed by atoms with van der Waals surface area (Å²) in [4.78, 5) is 31.7. The number of nitrogens with zero attached hydrogens (tertiary/aromatic N) is 4. The quantitative estimate of drug-likeness (QED) is 0.536. The fourth-order valence-electron chi connectivity index (χ4n) is 3.29. The largest absolute Gasteiger partial charge is 0.410 e. The predicted molar refractivity (Wildman–Crippen MR) is 110 cm³/mol. The van der Waals surface area contributed by atoms with E-state index in [1.165, 1.54) is 6.20 Å². The highest BCUT2D eigenvalue weighted by Crippen LogP contribution is 2.25. The second kappa shape index (κ2) is 7.82. The number of benzene rings is 2. The SMILES string of the molecule is CCN(CC)CCOn1c(-c2ccc3[nH]c(=O)cnc3c2)nc2ccccc21. The van der Waals surface area contributed by atoms with Crippen LogP contribution in [0.15, 0.2) is 53.5 Å². The van der Waals surface area contributed by atoms with Crippen molar-refractivity contribution < 1.29 is 4.84 Å². The zero-order valence-electron chi connectivity index (χ0n) is 16.1. The van der Waals surface area contributed by atoms with Crippen LogP contribution in [-0.4, -0.2) is 50.8 Å². The van der Waals surface area contributed by atoms with E-state index in [0.717, 1.165) is 42.1 Å². The van der Waals surface area contributed by atoms with E-state index in [0.29, 0.717) is 17.6 Å². The number of aromatic nitrogens is 4. The molecule has 0 unspecified atom stereocenters. The molecule has 0 aliphatic heterocycles. The molecule has 0 amide bonds. The van der Waals surface area contributed by atoms with Gasteiger partial charge in [0.1, 0.15) is 12.1 Å². The normalized spacial score (nSPS) is 11.5. The number of rotatable bonds is 7. The van der Waals surface area contributed by atoms with Crippen LogP contribution < -0.4 is 10.4 Å². The molecule has 0 saturated heterocycles. The highest BCUT2D eigenvalue weighted by Gasteiger charge is 2.15. The minimum atomic E-state index is -0.216. The van der Waals surface area contributed by atoms with Crippen LogP contribution in [0, 0.1) is 0 Å². The lowest BCUT2D eigenvalue weighted by molar-refractivity contribution is 0.0985. The second-order valence-electron chi connectivity index (χ2n) is 6.56. The minimum Gasteiger partial charge on any atom is -0.410 e. The number of nitrogens with one attached hydrogen (secondary N) is 1. The van der Waals surface area contributed by atoms with Gasteiger partial charge in [0.2, 0.25) is 0 Å². The fourth-order valence-corrected chi connectivity index (χ4v) is 3.29. The lowest BCUT2D eigenvalue weighted by Crippen LogP contribution is -2.30. The Morgan fingerprint density at radius 3 is 2.75 bits per heavy atom. The van der Waals surface area contributed by atoms with E-state index >= 15 is 0 Å². The van der Waals surface area contributed by atoms with Crippen molar-refractivity contribution in [1.82, 2.24) is 24.6 Å². The smallest absolute Gasteiger partial charge is 0.266 e. The molecule has 0 aliphatic rings. The summed E-state index contributed by atoms with van der Waals surface area (Å²) in [7, 11) is 0. The molecule has 0 saturated carbocycles. The molecular weight excluding hydrogens is 354 g/mol. The van der Waals surface area contributed by atoms with Gasteiger partial charge in [-0.1, -0.05) is 26.0 Å². The molecule has 2 aromatic carbocycles. The Balaban J connectivity index is 1.73. The topological polar surface area (TPSA) is 76.0 Å². The van der Waals surface area contributed by atoms with Crippen LogP contribution in [0.2, 0.25) is 0 Å². The van der Waals surface area contributed by atoms with Gasteiger partial charge in [-0.25, -0.2) is 9.97 Å². The maximum Gasteiger partial charge on any atom is 0.266 e. The fraction of sp³-hybridized carbons (Fsp3) is 0.286. The summed E-state index contributed by atoms with van der Waals surface area (Å²) in [5, 5.41) is 0. The van der Waals surface area contributed by atoms with Crippen molar-refractivity contribution in [1.29, 1.82) is 0 Å². The summed E-state index contributed by atoms with van der Waals surface area (Å²) in [6.07, 6.45) is 1.29. The third kappa shape index (κ3) is 3.48. The summed E-state index contributed by atoms with van der Waals surface area (Å²) in [6, 6.07) is 13.6. The van der Waals surface area contributed by atoms with E-state index in [1.54, 1.807) is 4.73 Å². The molecule has 28 heavy (non-hydrogen) atoms. The van der Waals surface area contributed by atoms with Crippen LogP contribution in [0.5, 0.6) is 0 Å². The first-order valence-electron chi connectivity index (χ1n) is 9.52. The van der Waals surface area contributed by atoms with E-state index in [-0.39, 0.29) is 5.56 Å². The number of H-pyrrole nitrogens is 1. The third-order valence-electron chi connectivity index (χ3n) is 4.88. The molecule has 1 N–H and O–H groups in total. The molecule has 7 heteroatoms. The van der Waals surface area contributed by atoms with Crippen LogP contribution in [0.1, 0.15) is 13.8 Å². The molecular formula is C21H23N5O2. The van der Waals surface area contributed by atoms with Gasteiger partial charge >= 0.3 is 0 Å². The van der Waals surface area contributed by atoms with Gasteiger partial charge in [0.25, 0.3) is 5.56 Å². The number of hydrogen-bond acceptors (Lipinski definition) is 5. The van der Waals surface area contributed by atoms with Crippen molar-refractivity contribution in [3.05, 3.63) is 59.0 Å². The van der Waals surface area contributed by atoms with Crippen molar-refractivity contribution in [2.75, 3.05) is 26.2 Å². The van der Waals surface area contributed by atoms with Crippen molar-refractivity contribution in [3.63, 3.8) is 0 Å².